The minimum atomic E-state index is -0.595. The highest BCUT2D eigenvalue weighted by molar-refractivity contribution is 8.15. The summed E-state index contributed by atoms with van der Waals surface area (Å²) in [5, 5.41) is 3.48. The van der Waals surface area contributed by atoms with Crippen molar-refractivity contribution in [1.29, 1.82) is 0 Å². The van der Waals surface area contributed by atoms with Crippen molar-refractivity contribution in [3.63, 3.8) is 0 Å². The molecule has 0 unspecified atom stereocenters. The highest BCUT2D eigenvalue weighted by Gasteiger charge is 2.39. The van der Waals surface area contributed by atoms with Crippen molar-refractivity contribution in [1.82, 2.24) is 4.90 Å². The monoisotopic (exact) mass is 519 g/mol. The summed E-state index contributed by atoms with van der Waals surface area (Å²) >= 11 is 13.4. The van der Waals surface area contributed by atoms with Crippen LogP contribution in [0.1, 0.15) is 38.5 Å². The summed E-state index contributed by atoms with van der Waals surface area (Å²) in [7, 11) is 0. The van der Waals surface area contributed by atoms with Gasteiger partial charge in [0.25, 0.3) is 0 Å². The van der Waals surface area contributed by atoms with Crippen molar-refractivity contribution in [3.05, 3.63) is 70.0 Å². The molecule has 1 N–H and O–H groups in total. The van der Waals surface area contributed by atoms with Crippen LogP contribution < -0.4 is 5.32 Å². The number of anilines is 1. The van der Waals surface area contributed by atoms with E-state index in [2.05, 4.69) is 16.4 Å². The molecule has 34 heavy (non-hydrogen) atoms. The third kappa shape index (κ3) is 6.40. The molecule has 2 amide bonds. The van der Waals surface area contributed by atoms with Crippen LogP contribution in [0, 0.1) is 5.82 Å². The number of amidine groups is 1. The summed E-state index contributed by atoms with van der Waals surface area (Å²) in [6.45, 7) is 0.508. The molecule has 0 aromatic heterocycles. The number of carbonyl (C=O) groups excluding carboxylic acids is 2. The van der Waals surface area contributed by atoms with Gasteiger partial charge in [0, 0.05) is 18.7 Å². The zero-order valence-electron chi connectivity index (χ0n) is 18.4. The van der Waals surface area contributed by atoms with Crippen LogP contribution in [-0.4, -0.2) is 33.7 Å². The fourth-order valence-corrected chi connectivity index (χ4v) is 5.37. The Morgan fingerprint density at radius 1 is 1.15 bits per heavy atom. The summed E-state index contributed by atoms with van der Waals surface area (Å²) in [5.41, 5.74) is 2.42. The standard InChI is InChI=1S/C25H24Cl2FN3O2S/c26-20-11-10-19(14-21(20)27)30-25-31(13-12-16-4-2-1-3-5-16)24(33)22(34-25)15-23(32)29-18-8-6-17(28)7-9-18/h4,6-11,14,22H,1-3,5,12-13,15H2,(H,29,32)/t22-/m0/s1. The number of nitrogens with zero attached hydrogens (tertiary/aromatic N) is 2. The second-order valence-electron chi connectivity index (χ2n) is 8.21. The molecule has 9 heteroatoms. The molecule has 1 aliphatic heterocycles. The van der Waals surface area contributed by atoms with Gasteiger partial charge in [-0.15, -0.1) is 0 Å². The van der Waals surface area contributed by atoms with Gasteiger partial charge in [-0.1, -0.05) is 46.6 Å². The van der Waals surface area contributed by atoms with Crippen LogP contribution in [0.3, 0.4) is 0 Å². The van der Waals surface area contributed by atoms with E-state index in [1.54, 1.807) is 23.1 Å². The van der Waals surface area contributed by atoms with Gasteiger partial charge in [-0.05, 0) is 74.6 Å². The maximum atomic E-state index is 13.3. The van der Waals surface area contributed by atoms with E-state index in [1.807, 2.05) is 0 Å². The molecular weight excluding hydrogens is 496 g/mol. The number of aliphatic imine (C=N–C) groups is 1. The summed E-state index contributed by atoms with van der Waals surface area (Å²) in [6.07, 6.45) is 7.54. The van der Waals surface area contributed by atoms with Gasteiger partial charge in [0.15, 0.2) is 5.17 Å². The third-order valence-corrected chi connectivity index (χ3v) is 7.60. The Morgan fingerprint density at radius 2 is 1.94 bits per heavy atom. The predicted octanol–water partition coefficient (Wildman–Crippen LogP) is 6.98. The van der Waals surface area contributed by atoms with Gasteiger partial charge in [0.1, 0.15) is 11.1 Å². The van der Waals surface area contributed by atoms with E-state index in [0.717, 1.165) is 19.3 Å². The number of hydrogen-bond donors (Lipinski definition) is 1. The van der Waals surface area contributed by atoms with Gasteiger partial charge < -0.3 is 5.32 Å². The molecule has 0 radical (unpaired) electrons. The van der Waals surface area contributed by atoms with E-state index < -0.39 is 5.25 Å². The van der Waals surface area contributed by atoms with Crippen LogP contribution in [-0.2, 0) is 9.59 Å². The lowest BCUT2D eigenvalue weighted by molar-refractivity contribution is -0.128. The molecule has 0 saturated carbocycles. The number of carbonyl (C=O) groups is 2. The molecule has 1 heterocycles. The minimum absolute atomic E-state index is 0.0134. The van der Waals surface area contributed by atoms with Crippen LogP contribution in [0.25, 0.3) is 0 Å². The van der Waals surface area contributed by atoms with E-state index in [-0.39, 0.29) is 24.1 Å². The molecule has 178 valence electrons. The van der Waals surface area contributed by atoms with E-state index in [0.29, 0.717) is 33.1 Å². The Bertz CT molecular complexity index is 1140. The lowest BCUT2D eigenvalue weighted by atomic mass is 9.97. The number of benzene rings is 2. The Labute approximate surface area is 212 Å². The summed E-state index contributed by atoms with van der Waals surface area (Å²) < 4.78 is 13.1. The summed E-state index contributed by atoms with van der Waals surface area (Å²) in [4.78, 5) is 32.2. The topological polar surface area (TPSA) is 61.8 Å². The number of rotatable bonds is 7. The molecule has 0 bridgehead atoms. The summed E-state index contributed by atoms with van der Waals surface area (Å²) in [6, 6.07) is 10.6. The maximum Gasteiger partial charge on any atom is 0.242 e. The fraction of sp³-hybridized carbons (Fsp3) is 0.320. The minimum Gasteiger partial charge on any atom is -0.326 e. The first kappa shape index (κ1) is 24.8. The van der Waals surface area contributed by atoms with E-state index in [4.69, 9.17) is 23.2 Å². The molecule has 1 aliphatic carbocycles. The Morgan fingerprint density at radius 3 is 2.65 bits per heavy atom. The number of hydrogen-bond acceptors (Lipinski definition) is 4. The van der Waals surface area contributed by atoms with Gasteiger partial charge in [0.05, 0.1) is 15.7 Å². The molecule has 0 spiro atoms. The Balaban J connectivity index is 1.50. The summed E-state index contributed by atoms with van der Waals surface area (Å²) in [5.74, 6) is -0.843. The maximum absolute atomic E-state index is 13.3. The molecule has 1 fully saturated rings. The number of thioether (sulfide) groups is 1. The largest absolute Gasteiger partial charge is 0.326 e. The van der Waals surface area contributed by atoms with Gasteiger partial charge >= 0.3 is 0 Å². The second-order valence-corrected chi connectivity index (χ2v) is 10.2. The first-order chi connectivity index (χ1) is 16.4. The number of nitrogens with one attached hydrogen (secondary N) is 1. The molecular formula is C25H24Cl2FN3O2S. The third-order valence-electron chi connectivity index (χ3n) is 5.69. The van der Waals surface area contributed by atoms with E-state index >= 15 is 0 Å². The van der Waals surface area contributed by atoms with Gasteiger partial charge in [-0.2, -0.15) is 0 Å². The van der Waals surface area contributed by atoms with Crippen molar-refractivity contribution in [2.24, 2.45) is 4.99 Å². The Kier molecular flexibility index (Phi) is 8.29. The van der Waals surface area contributed by atoms with Crippen molar-refractivity contribution < 1.29 is 14.0 Å². The van der Waals surface area contributed by atoms with E-state index in [1.165, 1.54) is 54.4 Å². The zero-order valence-corrected chi connectivity index (χ0v) is 20.7. The average molecular weight is 520 g/mol. The highest BCUT2D eigenvalue weighted by atomic mass is 35.5. The van der Waals surface area contributed by atoms with Crippen LogP contribution in [0.4, 0.5) is 15.8 Å². The lowest BCUT2D eigenvalue weighted by Gasteiger charge is -2.19. The molecule has 1 atom stereocenters. The zero-order chi connectivity index (χ0) is 24.1. The molecule has 2 aliphatic rings. The van der Waals surface area contributed by atoms with Gasteiger partial charge in [0.2, 0.25) is 11.8 Å². The van der Waals surface area contributed by atoms with Crippen LogP contribution in [0.15, 0.2) is 59.1 Å². The van der Waals surface area contributed by atoms with E-state index in [9.17, 15) is 14.0 Å². The van der Waals surface area contributed by atoms with Crippen molar-refractivity contribution in [3.8, 4) is 0 Å². The van der Waals surface area contributed by atoms with Crippen LogP contribution in [0.5, 0.6) is 0 Å². The SMILES string of the molecule is O=C(C[C@@H]1SC(=Nc2ccc(Cl)c(Cl)c2)N(CCC2=CCCCC2)C1=O)Nc1ccc(F)cc1. The first-order valence-electron chi connectivity index (χ1n) is 11.1. The molecule has 4 rings (SSSR count). The van der Waals surface area contributed by atoms with Gasteiger partial charge in [-0.3, -0.25) is 14.5 Å². The van der Waals surface area contributed by atoms with Crippen molar-refractivity contribution >= 4 is 63.3 Å². The molecule has 2 aromatic carbocycles. The van der Waals surface area contributed by atoms with Crippen molar-refractivity contribution in [2.75, 3.05) is 11.9 Å². The normalized spacial score (nSPS) is 19.4. The fourth-order valence-electron chi connectivity index (χ4n) is 3.90. The molecule has 5 nitrogen and oxygen atoms in total. The predicted molar refractivity (Wildman–Crippen MR) is 137 cm³/mol. The lowest BCUT2D eigenvalue weighted by Crippen LogP contribution is -2.34. The van der Waals surface area contributed by atoms with Gasteiger partial charge in [-0.25, -0.2) is 9.38 Å². The average Bonchev–Trinajstić information content (AvgIpc) is 3.10. The number of amides is 2. The quantitative estimate of drug-likeness (QED) is 0.401. The van der Waals surface area contributed by atoms with Crippen molar-refractivity contribution in [2.45, 2.75) is 43.8 Å². The smallest absolute Gasteiger partial charge is 0.242 e. The number of allylic oxidation sites excluding steroid dienone is 1. The first-order valence-corrected chi connectivity index (χ1v) is 12.8. The Hall–Kier alpha value is -2.35. The number of halogens is 3. The van der Waals surface area contributed by atoms with Crippen LogP contribution >= 0.6 is 35.0 Å². The second kappa shape index (κ2) is 11.4. The highest BCUT2D eigenvalue weighted by Crippen LogP contribution is 2.34. The van der Waals surface area contributed by atoms with Crippen LogP contribution in [0.2, 0.25) is 10.0 Å². The molecule has 1 saturated heterocycles. The molecule has 2 aromatic rings.